The Labute approximate surface area is 201 Å². The molecule has 3 fully saturated rings. The lowest BCUT2D eigenvalue weighted by atomic mass is 9.47. The van der Waals surface area contributed by atoms with Crippen LogP contribution < -0.4 is 0 Å². The summed E-state index contributed by atoms with van der Waals surface area (Å²) in [5.74, 6) is 2.73. The predicted octanol–water partition coefficient (Wildman–Crippen LogP) is 6.50. The van der Waals surface area contributed by atoms with E-state index >= 15 is 0 Å². The molecule has 180 valence electrons. The number of Topliss-reactive ketones (excluding diaryl/α,β-unsaturated/α-hetero) is 1. The Morgan fingerprint density at radius 2 is 1.79 bits per heavy atom. The van der Waals surface area contributed by atoms with Crippen molar-refractivity contribution in [3.05, 3.63) is 41.5 Å². The van der Waals surface area contributed by atoms with Gasteiger partial charge in [0.25, 0.3) is 0 Å². The molecule has 0 aromatic heterocycles. The molecule has 4 nitrogen and oxygen atoms in total. The second-order valence-electron chi connectivity index (χ2n) is 11.6. The zero-order valence-corrected chi connectivity index (χ0v) is 21.3. The average Bonchev–Trinajstić information content (AvgIpc) is 3.15. The number of carbonyl (C=O) groups is 1. The maximum atomic E-state index is 12.5. The van der Waals surface area contributed by atoms with Crippen molar-refractivity contribution in [2.75, 3.05) is 0 Å². The molecule has 0 N–H and O–H groups in total. The van der Waals surface area contributed by atoms with Gasteiger partial charge in [-0.2, -0.15) is 0 Å². The van der Waals surface area contributed by atoms with E-state index < -0.39 is 11.1 Å². The highest BCUT2D eigenvalue weighted by atomic mass is 32.2. The summed E-state index contributed by atoms with van der Waals surface area (Å²) in [6, 6.07) is 7.52. The number of rotatable bonds is 5. The summed E-state index contributed by atoms with van der Waals surface area (Å²) in [5.41, 5.74) is 3.05. The number of ketones is 1. The Morgan fingerprint density at radius 3 is 2.52 bits per heavy atom. The Kier molecular flexibility index (Phi) is 6.20. The number of aryl methyl sites for hydroxylation is 1. The van der Waals surface area contributed by atoms with Gasteiger partial charge in [-0.15, -0.1) is 4.33 Å². The Hall–Kier alpha value is -1.30. The van der Waals surface area contributed by atoms with Crippen LogP contribution in [0.5, 0.6) is 0 Å². The summed E-state index contributed by atoms with van der Waals surface area (Å²) in [6.45, 7) is 8.69. The van der Waals surface area contributed by atoms with Crippen LogP contribution >= 0.6 is 0 Å². The number of carbonyl (C=O) groups excluding carboxylic acids is 1. The fourth-order valence-electron chi connectivity index (χ4n) is 8.16. The zero-order chi connectivity index (χ0) is 23.4. The fourth-order valence-corrected chi connectivity index (χ4v) is 8.78. The first-order valence-electron chi connectivity index (χ1n) is 12.7. The second-order valence-corrected chi connectivity index (χ2v) is 12.7. The highest BCUT2D eigenvalue weighted by Gasteiger charge is 2.59. The Balaban J connectivity index is 1.26. The van der Waals surface area contributed by atoms with Crippen LogP contribution in [0.1, 0.15) is 77.7 Å². The van der Waals surface area contributed by atoms with Crippen molar-refractivity contribution in [2.24, 2.45) is 34.5 Å². The largest absolute Gasteiger partial charge is 0.300 e. The first-order valence-corrected chi connectivity index (χ1v) is 13.8. The standard InChI is InChI=1S/C28H38O4S/c1-18-5-8-22(9-6-18)33(30)32-31-21-13-15-27(3)20(17-21)7-10-23-25-12-11-24(19(2)29)28(25,4)16-14-26(23)27/h5-9,21,23-26H,10-17H2,1-4H3/t21-,23-,24+,25-,26-,27-,28+,33+/m0/s1. The predicted molar refractivity (Wildman–Crippen MR) is 129 cm³/mol. The summed E-state index contributed by atoms with van der Waals surface area (Å²) in [4.78, 5) is 18.7. The van der Waals surface area contributed by atoms with Gasteiger partial charge in [-0.3, -0.25) is 4.79 Å². The molecular formula is C28H38O4S. The van der Waals surface area contributed by atoms with E-state index in [0.29, 0.717) is 28.4 Å². The van der Waals surface area contributed by atoms with Gasteiger partial charge < -0.3 is 0 Å². The van der Waals surface area contributed by atoms with Gasteiger partial charge in [0.15, 0.2) is 0 Å². The fraction of sp³-hybridized carbons (Fsp3) is 0.679. The maximum absolute atomic E-state index is 12.5. The molecule has 8 atom stereocenters. The number of hydrogen-bond acceptors (Lipinski definition) is 4. The Morgan fingerprint density at radius 1 is 1.03 bits per heavy atom. The monoisotopic (exact) mass is 470 g/mol. The molecule has 5 rings (SSSR count). The van der Waals surface area contributed by atoms with Crippen molar-refractivity contribution in [2.45, 2.75) is 90.1 Å². The number of fused-ring (bicyclic) bond motifs is 5. The maximum Gasteiger partial charge on any atom is 0.220 e. The molecule has 0 aliphatic heterocycles. The first-order chi connectivity index (χ1) is 15.7. The van der Waals surface area contributed by atoms with Gasteiger partial charge in [0.2, 0.25) is 11.1 Å². The summed E-state index contributed by atoms with van der Waals surface area (Å²) in [7, 11) is 0. The highest BCUT2D eigenvalue weighted by Crippen LogP contribution is 2.66. The van der Waals surface area contributed by atoms with Crippen LogP contribution in [0.4, 0.5) is 0 Å². The van der Waals surface area contributed by atoms with Gasteiger partial charge in [0.1, 0.15) is 5.78 Å². The van der Waals surface area contributed by atoms with Gasteiger partial charge in [-0.1, -0.05) is 43.2 Å². The third kappa shape index (κ3) is 3.98. The molecule has 0 radical (unpaired) electrons. The molecule has 0 heterocycles. The topological polar surface area (TPSA) is 52.6 Å². The van der Waals surface area contributed by atoms with Crippen molar-refractivity contribution in [1.82, 2.24) is 0 Å². The zero-order valence-electron chi connectivity index (χ0n) is 20.5. The van der Waals surface area contributed by atoms with E-state index in [-0.39, 0.29) is 22.9 Å². The summed E-state index contributed by atoms with van der Waals surface area (Å²) in [6.07, 6.45) is 11.2. The van der Waals surface area contributed by atoms with Crippen molar-refractivity contribution < 1.29 is 18.2 Å². The molecule has 4 aliphatic carbocycles. The minimum Gasteiger partial charge on any atom is -0.300 e. The van der Waals surface area contributed by atoms with Crippen LogP contribution in [0, 0.1) is 41.4 Å². The van der Waals surface area contributed by atoms with Crippen LogP contribution in [-0.4, -0.2) is 16.1 Å². The van der Waals surface area contributed by atoms with Crippen LogP contribution in [0.3, 0.4) is 0 Å². The molecule has 4 aliphatic rings. The lowest BCUT2D eigenvalue weighted by molar-refractivity contribution is -0.244. The molecule has 0 unspecified atom stereocenters. The van der Waals surface area contributed by atoms with Gasteiger partial charge in [-0.25, -0.2) is 9.10 Å². The van der Waals surface area contributed by atoms with E-state index in [1.54, 1.807) is 6.92 Å². The molecule has 0 amide bonds. The van der Waals surface area contributed by atoms with E-state index in [4.69, 9.17) is 9.22 Å². The van der Waals surface area contributed by atoms with Crippen LogP contribution in [0.25, 0.3) is 0 Å². The average molecular weight is 471 g/mol. The Bertz CT molecular complexity index is 969. The van der Waals surface area contributed by atoms with Crippen molar-refractivity contribution in [1.29, 1.82) is 0 Å². The normalized spacial score (nSPS) is 40.8. The van der Waals surface area contributed by atoms with E-state index in [1.165, 1.54) is 24.8 Å². The van der Waals surface area contributed by atoms with Gasteiger partial charge >= 0.3 is 0 Å². The smallest absolute Gasteiger partial charge is 0.220 e. The van der Waals surface area contributed by atoms with E-state index in [0.717, 1.165) is 37.7 Å². The van der Waals surface area contributed by atoms with Crippen LogP contribution in [-0.2, 0) is 25.1 Å². The molecule has 0 spiro atoms. The summed E-state index contributed by atoms with van der Waals surface area (Å²) in [5, 5.41) is 0. The summed E-state index contributed by atoms with van der Waals surface area (Å²) >= 11 is -1.60. The molecule has 1 aromatic carbocycles. The number of hydrogen-bond donors (Lipinski definition) is 0. The lowest BCUT2D eigenvalue weighted by Crippen LogP contribution is -2.51. The molecule has 0 saturated heterocycles. The second kappa shape index (κ2) is 8.73. The SMILES string of the molecule is CC(=O)[C@H]1CC[C@H]2[C@@H]3CC=C4C[C@@H](OO[S@@](=O)c5ccc(C)cc5)CC[C@]4(C)[C@H]3CC[C@]12C. The van der Waals surface area contributed by atoms with Crippen molar-refractivity contribution >= 4 is 16.9 Å². The van der Waals surface area contributed by atoms with Gasteiger partial charge in [-0.05, 0) is 106 Å². The van der Waals surface area contributed by atoms with Crippen LogP contribution in [0.2, 0.25) is 0 Å². The highest BCUT2D eigenvalue weighted by molar-refractivity contribution is 7.80. The van der Waals surface area contributed by atoms with E-state index in [1.807, 2.05) is 31.2 Å². The molecule has 33 heavy (non-hydrogen) atoms. The van der Waals surface area contributed by atoms with Crippen LogP contribution in [0.15, 0.2) is 40.8 Å². The van der Waals surface area contributed by atoms with E-state index in [9.17, 15) is 9.00 Å². The van der Waals surface area contributed by atoms with Gasteiger partial charge in [0, 0.05) is 5.92 Å². The number of benzene rings is 1. The third-order valence-electron chi connectivity index (χ3n) is 10.0. The molecular weight excluding hydrogens is 432 g/mol. The van der Waals surface area contributed by atoms with Gasteiger partial charge in [0.05, 0.1) is 11.0 Å². The molecule has 5 heteroatoms. The number of allylic oxidation sites excluding steroid dienone is 1. The van der Waals surface area contributed by atoms with Crippen molar-refractivity contribution in [3.8, 4) is 0 Å². The molecule has 1 aromatic rings. The molecule has 3 saturated carbocycles. The minimum absolute atomic E-state index is 0.0438. The molecule has 0 bridgehead atoms. The quantitative estimate of drug-likeness (QED) is 0.280. The first kappa shape index (κ1) is 23.4. The minimum atomic E-state index is -1.60. The summed E-state index contributed by atoms with van der Waals surface area (Å²) < 4.78 is 17.8. The third-order valence-corrected chi connectivity index (χ3v) is 10.9. The van der Waals surface area contributed by atoms with E-state index in [2.05, 4.69) is 19.9 Å². The van der Waals surface area contributed by atoms with Crippen molar-refractivity contribution in [3.63, 3.8) is 0 Å². The lowest BCUT2D eigenvalue weighted by Gasteiger charge is -2.58.